The molecule has 0 fully saturated rings. The smallest absolute Gasteiger partial charge is 0.316 e. The minimum atomic E-state index is -0.589. The number of ether oxygens (including phenoxy) is 2. The zero-order chi connectivity index (χ0) is 14.6. The fourth-order valence-corrected chi connectivity index (χ4v) is 1.30. The normalized spacial score (nSPS) is 11.3. The zero-order valence-electron chi connectivity index (χ0n) is 12.0. The van der Waals surface area contributed by atoms with Crippen LogP contribution in [0.25, 0.3) is 0 Å². The van der Waals surface area contributed by atoms with Gasteiger partial charge in [0, 0.05) is 0 Å². The first-order valence-electron chi connectivity index (χ1n) is 6.22. The van der Waals surface area contributed by atoms with E-state index in [2.05, 4.69) is 0 Å². The van der Waals surface area contributed by atoms with Crippen LogP contribution in [-0.4, -0.2) is 18.4 Å². The second-order valence-corrected chi connectivity index (χ2v) is 5.62. The van der Waals surface area contributed by atoms with Crippen LogP contribution in [0.5, 0.6) is 11.5 Å². The molecule has 1 aromatic carbocycles. The number of esters is 1. The molecule has 0 radical (unpaired) electrons. The SMILES string of the molecule is CC(C)Oc1ccc(OC(=O)C(C)(C)C)cc1C=O. The lowest BCUT2D eigenvalue weighted by Gasteiger charge is -2.17. The fraction of sp³-hybridized carbons (Fsp3) is 0.467. The Hall–Kier alpha value is -1.84. The van der Waals surface area contributed by atoms with E-state index in [1.54, 1.807) is 32.9 Å². The lowest BCUT2D eigenvalue weighted by Crippen LogP contribution is -2.25. The number of carbonyl (C=O) groups excluding carboxylic acids is 2. The van der Waals surface area contributed by atoms with Crippen molar-refractivity contribution in [1.29, 1.82) is 0 Å². The fourth-order valence-electron chi connectivity index (χ4n) is 1.30. The average Bonchev–Trinajstić information content (AvgIpc) is 2.29. The third kappa shape index (κ3) is 4.39. The predicted molar refractivity (Wildman–Crippen MR) is 72.7 cm³/mol. The predicted octanol–water partition coefficient (Wildman–Crippen LogP) is 3.24. The van der Waals surface area contributed by atoms with Gasteiger partial charge in [-0.25, -0.2) is 0 Å². The maximum Gasteiger partial charge on any atom is 0.316 e. The van der Waals surface area contributed by atoms with Crippen LogP contribution >= 0.6 is 0 Å². The molecule has 0 aromatic heterocycles. The maximum atomic E-state index is 11.8. The summed E-state index contributed by atoms with van der Waals surface area (Å²) in [7, 11) is 0. The Morgan fingerprint density at radius 1 is 1.26 bits per heavy atom. The first-order chi connectivity index (χ1) is 8.74. The first-order valence-corrected chi connectivity index (χ1v) is 6.22. The van der Waals surface area contributed by atoms with E-state index in [1.165, 1.54) is 6.07 Å². The van der Waals surface area contributed by atoms with Gasteiger partial charge >= 0.3 is 5.97 Å². The molecule has 4 nitrogen and oxygen atoms in total. The minimum absolute atomic E-state index is 0.0262. The van der Waals surface area contributed by atoms with Crippen molar-refractivity contribution in [2.45, 2.75) is 40.7 Å². The quantitative estimate of drug-likeness (QED) is 0.476. The maximum absolute atomic E-state index is 11.8. The van der Waals surface area contributed by atoms with E-state index in [-0.39, 0.29) is 12.1 Å². The molecule has 0 bridgehead atoms. The van der Waals surface area contributed by atoms with E-state index >= 15 is 0 Å². The molecule has 0 aliphatic carbocycles. The summed E-state index contributed by atoms with van der Waals surface area (Å²) in [6, 6.07) is 4.76. The van der Waals surface area contributed by atoms with Crippen molar-refractivity contribution >= 4 is 12.3 Å². The summed E-state index contributed by atoms with van der Waals surface area (Å²) in [6.45, 7) is 9.06. The largest absolute Gasteiger partial charge is 0.490 e. The molecule has 1 aromatic rings. The summed E-state index contributed by atoms with van der Waals surface area (Å²) in [5.74, 6) is 0.487. The second kappa shape index (κ2) is 5.87. The minimum Gasteiger partial charge on any atom is -0.490 e. The molecule has 0 aliphatic heterocycles. The summed E-state index contributed by atoms with van der Waals surface area (Å²) < 4.78 is 10.7. The zero-order valence-corrected chi connectivity index (χ0v) is 12.0. The van der Waals surface area contributed by atoms with Gasteiger partial charge in [0.25, 0.3) is 0 Å². The van der Waals surface area contributed by atoms with Crippen molar-refractivity contribution in [3.8, 4) is 11.5 Å². The number of carbonyl (C=O) groups is 2. The van der Waals surface area contributed by atoms with E-state index < -0.39 is 5.41 Å². The van der Waals surface area contributed by atoms with Crippen LogP contribution in [0.1, 0.15) is 45.0 Å². The van der Waals surface area contributed by atoms with Crippen LogP contribution < -0.4 is 9.47 Å². The third-order valence-corrected chi connectivity index (χ3v) is 2.29. The summed E-state index contributed by atoms with van der Waals surface area (Å²) in [5, 5.41) is 0. The third-order valence-electron chi connectivity index (χ3n) is 2.29. The van der Waals surface area contributed by atoms with Gasteiger partial charge in [-0.3, -0.25) is 9.59 Å². The average molecular weight is 264 g/mol. The summed E-state index contributed by atoms with van der Waals surface area (Å²) >= 11 is 0. The molecule has 0 saturated heterocycles. The summed E-state index contributed by atoms with van der Waals surface area (Å²) in [4.78, 5) is 22.8. The molecule has 0 saturated carbocycles. The van der Waals surface area contributed by atoms with E-state index in [0.29, 0.717) is 23.3 Å². The summed E-state index contributed by atoms with van der Waals surface area (Å²) in [6.07, 6.45) is 0.660. The van der Waals surface area contributed by atoms with Crippen LogP contribution in [0.3, 0.4) is 0 Å². The lowest BCUT2D eigenvalue weighted by molar-refractivity contribution is -0.143. The molecule has 0 aliphatic rings. The van der Waals surface area contributed by atoms with Crippen LogP contribution in [0.15, 0.2) is 18.2 Å². The highest BCUT2D eigenvalue weighted by Crippen LogP contribution is 2.26. The van der Waals surface area contributed by atoms with Crippen LogP contribution in [0.2, 0.25) is 0 Å². The highest BCUT2D eigenvalue weighted by Gasteiger charge is 2.24. The topological polar surface area (TPSA) is 52.6 Å². The van der Waals surface area contributed by atoms with Gasteiger partial charge < -0.3 is 9.47 Å². The molecular formula is C15H20O4. The molecule has 0 unspecified atom stereocenters. The first kappa shape index (κ1) is 15.2. The van der Waals surface area contributed by atoms with Crippen LogP contribution in [-0.2, 0) is 4.79 Å². The highest BCUT2D eigenvalue weighted by molar-refractivity contribution is 5.82. The van der Waals surface area contributed by atoms with Crippen molar-refractivity contribution in [3.05, 3.63) is 23.8 Å². The van der Waals surface area contributed by atoms with Gasteiger partial charge in [-0.15, -0.1) is 0 Å². The Morgan fingerprint density at radius 3 is 2.37 bits per heavy atom. The Morgan fingerprint density at radius 2 is 1.89 bits per heavy atom. The molecule has 4 heteroatoms. The van der Waals surface area contributed by atoms with Gasteiger partial charge in [0.1, 0.15) is 11.5 Å². The molecule has 19 heavy (non-hydrogen) atoms. The molecular weight excluding hydrogens is 244 g/mol. The Kier molecular flexibility index (Phi) is 4.70. The number of hydrogen-bond donors (Lipinski definition) is 0. The Labute approximate surface area is 113 Å². The van der Waals surface area contributed by atoms with Crippen molar-refractivity contribution in [1.82, 2.24) is 0 Å². The molecule has 104 valence electrons. The number of rotatable bonds is 4. The van der Waals surface area contributed by atoms with E-state index in [0.717, 1.165) is 0 Å². The standard InChI is InChI=1S/C15H20O4/c1-10(2)18-13-7-6-12(8-11(13)9-16)19-14(17)15(3,4)5/h6-10H,1-5H3. The van der Waals surface area contributed by atoms with Gasteiger partial charge in [-0.2, -0.15) is 0 Å². The molecule has 1 rings (SSSR count). The lowest BCUT2D eigenvalue weighted by atomic mass is 9.97. The number of aldehydes is 1. The Balaban J connectivity index is 2.94. The number of benzene rings is 1. The highest BCUT2D eigenvalue weighted by atomic mass is 16.5. The second-order valence-electron chi connectivity index (χ2n) is 5.62. The summed E-state index contributed by atoms with van der Waals surface area (Å²) in [5.41, 5.74) is -0.220. The van der Waals surface area contributed by atoms with Crippen molar-refractivity contribution in [2.75, 3.05) is 0 Å². The van der Waals surface area contributed by atoms with Crippen molar-refractivity contribution < 1.29 is 19.1 Å². The monoisotopic (exact) mass is 264 g/mol. The Bertz CT molecular complexity index is 470. The van der Waals surface area contributed by atoms with Crippen LogP contribution in [0, 0.1) is 5.41 Å². The van der Waals surface area contributed by atoms with Crippen molar-refractivity contribution in [3.63, 3.8) is 0 Å². The van der Waals surface area contributed by atoms with E-state index in [9.17, 15) is 9.59 Å². The molecule has 0 heterocycles. The van der Waals surface area contributed by atoms with E-state index in [4.69, 9.17) is 9.47 Å². The molecule has 0 amide bonds. The van der Waals surface area contributed by atoms with Gasteiger partial charge in [-0.1, -0.05) is 0 Å². The van der Waals surface area contributed by atoms with Crippen LogP contribution in [0.4, 0.5) is 0 Å². The van der Waals surface area contributed by atoms with Gasteiger partial charge in [0.2, 0.25) is 0 Å². The molecule has 0 spiro atoms. The molecule has 0 N–H and O–H groups in total. The van der Waals surface area contributed by atoms with Crippen molar-refractivity contribution in [2.24, 2.45) is 5.41 Å². The molecule has 0 atom stereocenters. The van der Waals surface area contributed by atoms with Gasteiger partial charge in [0.05, 0.1) is 17.1 Å². The van der Waals surface area contributed by atoms with Gasteiger partial charge in [-0.05, 0) is 52.8 Å². The number of hydrogen-bond acceptors (Lipinski definition) is 4. The van der Waals surface area contributed by atoms with E-state index in [1.807, 2.05) is 13.8 Å². The van der Waals surface area contributed by atoms with Gasteiger partial charge in [0.15, 0.2) is 6.29 Å².